The fourth-order valence-corrected chi connectivity index (χ4v) is 6.31. The van der Waals surface area contributed by atoms with Crippen molar-refractivity contribution in [1.29, 1.82) is 0 Å². The van der Waals surface area contributed by atoms with Gasteiger partial charge in [0.25, 0.3) is 0 Å². The highest BCUT2D eigenvalue weighted by atomic mass is 32.2. The summed E-state index contributed by atoms with van der Waals surface area (Å²) in [6, 6.07) is 6.56. The van der Waals surface area contributed by atoms with E-state index in [-0.39, 0.29) is 30.7 Å². The molecule has 1 heterocycles. The first-order valence-electron chi connectivity index (χ1n) is 10.9. The summed E-state index contributed by atoms with van der Waals surface area (Å²) in [5.74, 6) is -0.636. The normalized spacial score (nSPS) is 15.6. The maximum absolute atomic E-state index is 13.4. The predicted octanol–water partition coefficient (Wildman–Crippen LogP) is 4.87. The summed E-state index contributed by atoms with van der Waals surface area (Å²) in [4.78, 5) is 13.2. The molecule has 6 nitrogen and oxygen atoms in total. The van der Waals surface area contributed by atoms with Crippen LogP contribution in [0, 0.1) is 40.5 Å². The van der Waals surface area contributed by atoms with Crippen LogP contribution in [-0.4, -0.2) is 38.3 Å². The van der Waals surface area contributed by atoms with Gasteiger partial charge in [-0.25, -0.2) is 8.42 Å². The number of nitrogens with zero attached hydrogens (tertiary/aromatic N) is 1. The van der Waals surface area contributed by atoms with Gasteiger partial charge in [-0.1, -0.05) is 12.1 Å². The van der Waals surface area contributed by atoms with Crippen LogP contribution in [0.25, 0.3) is 0 Å². The molecule has 0 saturated carbocycles. The molecular formula is C24H30F2N2O4S. The number of benzene rings is 2. The van der Waals surface area contributed by atoms with E-state index >= 15 is 0 Å². The number of alkyl halides is 2. The number of halogens is 2. The molecule has 1 amide bonds. The Hall–Kier alpha value is -2.52. The smallest absolute Gasteiger partial charge is 0.387 e. The number of carbonyl (C=O) groups is 1. The monoisotopic (exact) mass is 480 g/mol. The van der Waals surface area contributed by atoms with Gasteiger partial charge < -0.3 is 10.1 Å². The minimum absolute atomic E-state index is 0.00269. The predicted molar refractivity (Wildman–Crippen MR) is 123 cm³/mol. The molecule has 0 atom stereocenters. The minimum atomic E-state index is -3.69. The number of anilines is 1. The third-order valence-electron chi connectivity index (χ3n) is 6.48. The Morgan fingerprint density at radius 1 is 1.03 bits per heavy atom. The Balaban J connectivity index is 1.71. The highest BCUT2D eigenvalue weighted by Gasteiger charge is 2.34. The van der Waals surface area contributed by atoms with Gasteiger partial charge in [0.1, 0.15) is 5.75 Å². The largest absolute Gasteiger partial charge is 0.434 e. The number of hydrogen-bond acceptors (Lipinski definition) is 4. The number of rotatable bonds is 6. The third-order valence-corrected chi connectivity index (χ3v) is 8.65. The summed E-state index contributed by atoms with van der Waals surface area (Å²) in [6.45, 7) is 6.56. The van der Waals surface area contributed by atoms with Gasteiger partial charge >= 0.3 is 6.61 Å². The summed E-state index contributed by atoms with van der Waals surface area (Å²) in [5.41, 5.74) is 4.17. The van der Waals surface area contributed by atoms with E-state index in [2.05, 4.69) is 10.1 Å². The van der Waals surface area contributed by atoms with Gasteiger partial charge in [0.2, 0.25) is 15.9 Å². The molecule has 3 rings (SSSR count). The number of amides is 1. The number of piperidine rings is 1. The van der Waals surface area contributed by atoms with E-state index in [9.17, 15) is 22.0 Å². The Morgan fingerprint density at radius 3 is 2.15 bits per heavy atom. The van der Waals surface area contributed by atoms with Crippen LogP contribution in [0.4, 0.5) is 14.5 Å². The van der Waals surface area contributed by atoms with Gasteiger partial charge in [-0.05, 0) is 81.8 Å². The van der Waals surface area contributed by atoms with E-state index in [1.807, 2.05) is 33.8 Å². The molecule has 1 aliphatic rings. The molecule has 0 aromatic heterocycles. The quantitative estimate of drug-likeness (QED) is 0.640. The SMILES string of the molecule is Cc1cc(C)c(C)c(S(=O)(=O)N2CCC(C(=O)Nc3cccc(OC(F)F)c3C)CC2)c1C. The third kappa shape index (κ3) is 5.19. The van der Waals surface area contributed by atoms with Crippen LogP contribution in [-0.2, 0) is 14.8 Å². The second-order valence-corrected chi connectivity index (χ2v) is 10.4. The van der Waals surface area contributed by atoms with Gasteiger partial charge in [-0.15, -0.1) is 0 Å². The van der Waals surface area contributed by atoms with Crippen LogP contribution in [0.1, 0.15) is 40.7 Å². The van der Waals surface area contributed by atoms with Gasteiger partial charge in [0.05, 0.1) is 4.90 Å². The van der Waals surface area contributed by atoms with E-state index in [1.54, 1.807) is 13.0 Å². The molecule has 0 bridgehead atoms. The van der Waals surface area contributed by atoms with Crippen LogP contribution < -0.4 is 10.1 Å². The lowest BCUT2D eigenvalue weighted by Gasteiger charge is -2.32. The summed E-state index contributed by atoms with van der Waals surface area (Å²) in [6.07, 6.45) is 0.750. The summed E-state index contributed by atoms with van der Waals surface area (Å²) < 4.78 is 57.9. The molecule has 0 aliphatic carbocycles. The fraction of sp³-hybridized carbons (Fsp3) is 0.458. The van der Waals surface area contributed by atoms with Gasteiger partial charge in [-0.2, -0.15) is 13.1 Å². The number of hydrogen-bond donors (Lipinski definition) is 1. The molecule has 1 N–H and O–H groups in total. The molecule has 2 aromatic carbocycles. The minimum Gasteiger partial charge on any atom is -0.434 e. The van der Waals surface area contributed by atoms with E-state index in [4.69, 9.17) is 0 Å². The highest BCUT2D eigenvalue weighted by Crippen LogP contribution is 2.32. The van der Waals surface area contributed by atoms with E-state index in [0.717, 1.165) is 22.3 Å². The van der Waals surface area contributed by atoms with E-state index < -0.39 is 16.6 Å². The second kappa shape index (κ2) is 9.77. The average molecular weight is 481 g/mol. The Kier molecular flexibility index (Phi) is 7.43. The molecule has 9 heteroatoms. The van der Waals surface area contributed by atoms with Gasteiger partial charge in [0, 0.05) is 30.3 Å². The topological polar surface area (TPSA) is 75.7 Å². The zero-order chi connectivity index (χ0) is 24.5. The molecule has 0 radical (unpaired) electrons. The van der Waals surface area contributed by atoms with Crippen molar-refractivity contribution < 1.29 is 26.7 Å². The van der Waals surface area contributed by atoms with Crippen molar-refractivity contribution in [2.75, 3.05) is 18.4 Å². The molecule has 0 unspecified atom stereocenters. The lowest BCUT2D eigenvalue weighted by Crippen LogP contribution is -2.42. The molecule has 180 valence electrons. The Morgan fingerprint density at radius 2 is 1.61 bits per heavy atom. The number of aryl methyl sites for hydroxylation is 2. The summed E-state index contributed by atoms with van der Waals surface area (Å²) >= 11 is 0. The van der Waals surface area contributed by atoms with Crippen molar-refractivity contribution in [3.8, 4) is 5.75 Å². The van der Waals surface area contributed by atoms with Gasteiger partial charge in [0.15, 0.2) is 0 Å². The maximum atomic E-state index is 13.4. The zero-order valence-electron chi connectivity index (χ0n) is 19.5. The number of ether oxygens (including phenoxy) is 1. The van der Waals surface area contributed by atoms with Gasteiger partial charge in [-0.3, -0.25) is 4.79 Å². The molecule has 1 fully saturated rings. The van der Waals surface area contributed by atoms with Crippen LogP contribution in [0.15, 0.2) is 29.2 Å². The van der Waals surface area contributed by atoms with Crippen molar-refractivity contribution in [2.45, 2.75) is 59.0 Å². The Bertz CT molecular complexity index is 1130. The average Bonchev–Trinajstić information content (AvgIpc) is 2.75. The molecule has 33 heavy (non-hydrogen) atoms. The molecule has 1 aliphatic heterocycles. The van der Waals surface area contributed by atoms with Crippen LogP contribution >= 0.6 is 0 Å². The van der Waals surface area contributed by atoms with Crippen molar-refractivity contribution >= 4 is 21.6 Å². The first kappa shape index (κ1) is 25.1. The van der Waals surface area contributed by atoms with Crippen LogP contribution in [0.3, 0.4) is 0 Å². The zero-order valence-corrected chi connectivity index (χ0v) is 20.4. The van der Waals surface area contributed by atoms with Crippen molar-refractivity contribution in [3.63, 3.8) is 0 Å². The number of sulfonamides is 1. The first-order chi connectivity index (χ1) is 15.4. The molecule has 1 saturated heterocycles. The molecule has 2 aromatic rings. The van der Waals surface area contributed by atoms with Crippen molar-refractivity contribution in [1.82, 2.24) is 4.31 Å². The lowest BCUT2D eigenvalue weighted by atomic mass is 9.97. The van der Waals surface area contributed by atoms with E-state index in [0.29, 0.717) is 29.0 Å². The highest BCUT2D eigenvalue weighted by molar-refractivity contribution is 7.89. The first-order valence-corrected chi connectivity index (χ1v) is 12.3. The van der Waals surface area contributed by atoms with Crippen LogP contribution in [0.5, 0.6) is 5.75 Å². The lowest BCUT2D eigenvalue weighted by molar-refractivity contribution is -0.120. The van der Waals surface area contributed by atoms with Crippen LogP contribution in [0.2, 0.25) is 0 Å². The molecular weight excluding hydrogens is 450 g/mol. The number of carbonyl (C=O) groups excluding carboxylic acids is 1. The maximum Gasteiger partial charge on any atom is 0.387 e. The Labute approximate surface area is 194 Å². The summed E-state index contributed by atoms with van der Waals surface area (Å²) in [7, 11) is -3.69. The standard InChI is InChI=1S/C24H30F2N2O4S/c1-14-13-15(2)17(4)22(16(14)3)33(30,31)28-11-9-19(10-12-28)23(29)27-20-7-6-8-21(18(20)5)32-24(25)26/h6-8,13,19,24H,9-12H2,1-5H3,(H,27,29). The number of nitrogens with one attached hydrogen (secondary N) is 1. The second-order valence-electron chi connectivity index (χ2n) is 8.56. The fourth-order valence-electron chi connectivity index (χ4n) is 4.26. The molecule has 0 spiro atoms. The summed E-state index contributed by atoms with van der Waals surface area (Å²) in [5, 5.41) is 2.78. The van der Waals surface area contributed by atoms with Crippen molar-refractivity contribution in [3.05, 3.63) is 52.1 Å². The van der Waals surface area contributed by atoms with E-state index in [1.165, 1.54) is 16.4 Å². The van der Waals surface area contributed by atoms with Crippen molar-refractivity contribution in [2.24, 2.45) is 5.92 Å².